The van der Waals surface area contributed by atoms with Gasteiger partial charge in [-0.05, 0) is 30.3 Å². The third kappa shape index (κ3) is 3.33. The SMILES string of the molecule is CS(=O)(=O)c1ccc(NCCn2cccn2)cc1. The number of benzene rings is 1. The van der Waals surface area contributed by atoms with E-state index in [1.54, 1.807) is 30.5 Å². The van der Waals surface area contributed by atoms with E-state index in [4.69, 9.17) is 0 Å². The molecule has 1 heterocycles. The second-order valence-corrected chi connectivity index (χ2v) is 6.01. The molecule has 2 aromatic rings. The van der Waals surface area contributed by atoms with Gasteiger partial charge in [0.15, 0.2) is 9.84 Å². The maximum absolute atomic E-state index is 11.3. The van der Waals surface area contributed by atoms with Crippen LogP contribution in [0, 0.1) is 0 Å². The van der Waals surface area contributed by atoms with Crippen LogP contribution in [0.5, 0.6) is 0 Å². The molecule has 0 unspecified atom stereocenters. The molecular weight excluding hydrogens is 250 g/mol. The highest BCUT2D eigenvalue weighted by molar-refractivity contribution is 7.90. The van der Waals surface area contributed by atoms with Gasteiger partial charge in [-0.15, -0.1) is 0 Å². The molecule has 2 rings (SSSR count). The number of hydrogen-bond acceptors (Lipinski definition) is 4. The third-order valence-corrected chi connectivity index (χ3v) is 3.64. The molecule has 0 aliphatic rings. The molecule has 0 aliphatic heterocycles. The molecule has 0 radical (unpaired) electrons. The molecule has 0 bridgehead atoms. The van der Waals surface area contributed by atoms with Crippen molar-refractivity contribution in [2.24, 2.45) is 0 Å². The Kier molecular flexibility index (Phi) is 3.66. The number of hydrogen-bond donors (Lipinski definition) is 1. The summed E-state index contributed by atoms with van der Waals surface area (Å²) in [5, 5.41) is 7.30. The first-order chi connectivity index (χ1) is 8.55. The first kappa shape index (κ1) is 12.6. The van der Waals surface area contributed by atoms with Gasteiger partial charge in [-0.3, -0.25) is 4.68 Å². The van der Waals surface area contributed by atoms with Crippen LogP contribution in [0.4, 0.5) is 5.69 Å². The van der Waals surface area contributed by atoms with E-state index in [9.17, 15) is 8.42 Å². The van der Waals surface area contributed by atoms with Gasteiger partial charge in [-0.1, -0.05) is 0 Å². The number of anilines is 1. The summed E-state index contributed by atoms with van der Waals surface area (Å²) in [4.78, 5) is 0.333. The lowest BCUT2D eigenvalue weighted by Gasteiger charge is -2.07. The Morgan fingerprint density at radius 2 is 2.00 bits per heavy atom. The van der Waals surface area contributed by atoms with E-state index in [1.807, 2.05) is 16.9 Å². The molecule has 0 amide bonds. The van der Waals surface area contributed by atoms with Crippen LogP contribution in [0.3, 0.4) is 0 Å². The molecule has 18 heavy (non-hydrogen) atoms. The van der Waals surface area contributed by atoms with Gasteiger partial charge in [-0.2, -0.15) is 5.10 Å². The molecule has 1 aromatic carbocycles. The van der Waals surface area contributed by atoms with Crippen LogP contribution in [-0.4, -0.2) is 31.0 Å². The van der Waals surface area contributed by atoms with Crippen molar-refractivity contribution in [3.63, 3.8) is 0 Å². The van der Waals surface area contributed by atoms with Gasteiger partial charge in [0.25, 0.3) is 0 Å². The lowest BCUT2D eigenvalue weighted by molar-refractivity contribution is 0.602. The molecule has 5 nitrogen and oxygen atoms in total. The number of aromatic nitrogens is 2. The minimum atomic E-state index is -3.12. The lowest BCUT2D eigenvalue weighted by Crippen LogP contribution is -2.10. The molecular formula is C12H15N3O2S. The Hall–Kier alpha value is -1.82. The number of rotatable bonds is 5. The Morgan fingerprint density at radius 1 is 1.28 bits per heavy atom. The Bertz CT molecular complexity index is 589. The zero-order valence-electron chi connectivity index (χ0n) is 10.1. The van der Waals surface area contributed by atoms with Crippen LogP contribution >= 0.6 is 0 Å². The van der Waals surface area contributed by atoms with Crippen molar-refractivity contribution in [2.45, 2.75) is 11.4 Å². The number of nitrogens with one attached hydrogen (secondary N) is 1. The van der Waals surface area contributed by atoms with E-state index in [0.29, 0.717) is 4.90 Å². The van der Waals surface area contributed by atoms with E-state index in [2.05, 4.69) is 10.4 Å². The Labute approximate surface area is 106 Å². The zero-order chi connectivity index (χ0) is 13.0. The van der Waals surface area contributed by atoms with E-state index in [1.165, 1.54) is 6.26 Å². The summed E-state index contributed by atoms with van der Waals surface area (Å²) < 4.78 is 24.4. The Balaban J connectivity index is 1.91. The summed E-state index contributed by atoms with van der Waals surface area (Å²) in [5.41, 5.74) is 0.898. The highest BCUT2D eigenvalue weighted by atomic mass is 32.2. The van der Waals surface area contributed by atoms with Gasteiger partial charge in [0.05, 0.1) is 11.4 Å². The van der Waals surface area contributed by atoms with Gasteiger partial charge in [-0.25, -0.2) is 8.42 Å². The zero-order valence-corrected chi connectivity index (χ0v) is 10.9. The van der Waals surface area contributed by atoms with Crippen molar-refractivity contribution < 1.29 is 8.42 Å². The average Bonchev–Trinajstić information content (AvgIpc) is 2.82. The summed E-state index contributed by atoms with van der Waals surface area (Å²) in [7, 11) is -3.12. The van der Waals surface area contributed by atoms with Crippen LogP contribution in [-0.2, 0) is 16.4 Å². The second-order valence-electron chi connectivity index (χ2n) is 3.99. The summed E-state index contributed by atoms with van der Waals surface area (Å²) in [6, 6.07) is 8.61. The predicted octanol–water partition coefficient (Wildman–Crippen LogP) is 1.40. The summed E-state index contributed by atoms with van der Waals surface area (Å²) >= 11 is 0. The van der Waals surface area contributed by atoms with Crippen LogP contribution in [0.1, 0.15) is 0 Å². The van der Waals surface area contributed by atoms with Crippen LogP contribution in [0.15, 0.2) is 47.6 Å². The van der Waals surface area contributed by atoms with E-state index >= 15 is 0 Å². The third-order valence-electron chi connectivity index (χ3n) is 2.51. The number of sulfone groups is 1. The molecule has 0 saturated heterocycles. The fraction of sp³-hybridized carbons (Fsp3) is 0.250. The average molecular weight is 265 g/mol. The monoisotopic (exact) mass is 265 g/mol. The molecule has 0 spiro atoms. The minimum absolute atomic E-state index is 0.333. The fourth-order valence-electron chi connectivity index (χ4n) is 1.57. The smallest absolute Gasteiger partial charge is 0.175 e. The highest BCUT2D eigenvalue weighted by Crippen LogP contribution is 2.13. The molecule has 0 atom stereocenters. The van der Waals surface area contributed by atoms with E-state index in [-0.39, 0.29) is 0 Å². The molecule has 6 heteroatoms. The molecule has 0 saturated carbocycles. The molecule has 1 N–H and O–H groups in total. The van der Waals surface area contributed by atoms with Crippen LogP contribution in [0.2, 0.25) is 0 Å². The van der Waals surface area contributed by atoms with E-state index < -0.39 is 9.84 Å². The second kappa shape index (κ2) is 5.22. The molecule has 1 aromatic heterocycles. The summed E-state index contributed by atoms with van der Waals surface area (Å²) in [6.07, 6.45) is 4.84. The van der Waals surface area contributed by atoms with Crippen molar-refractivity contribution >= 4 is 15.5 Å². The van der Waals surface area contributed by atoms with Gasteiger partial charge in [0.2, 0.25) is 0 Å². The van der Waals surface area contributed by atoms with Crippen molar-refractivity contribution in [3.05, 3.63) is 42.7 Å². The topological polar surface area (TPSA) is 64.0 Å². The normalized spacial score (nSPS) is 11.4. The largest absolute Gasteiger partial charge is 0.383 e. The van der Waals surface area contributed by atoms with Crippen LogP contribution < -0.4 is 5.32 Å². The first-order valence-corrected chi connectivity index (χ1v) is 7.46. The maximum Gasteiger partial charge on any atom is 0.175 e. The standard InChI is InChI=1S/C12H15N3O2S/c1-18(16,17)12-5-3-11(4-6-12)13-8-10-15-9-2-7-14-15/h2-7,9,13H,8,10H2,1H3. The lowest BCUT2D eigenvalue weighted by atomic mass is 10.3. The van der Waals surface area contributed by atoms with Gasteiger partial charge in [0, 0.05) is 30.9 Å². The van der Waals surface area contributed by atoms with Crippen molar-refractivity contribution in [2.75, 3.05) is 18.1 Å². The quantitative estimate of drug-likeness (QED) is 0.887. The van der Waals surface area contributed by atoms with Crippen molar-refractivity contribution in [1.82, 2.24) is 9.78 Å². The molecule has 96 valence electrons. The molecule has 0 aliphatic carbocycles. The number of nitrogens with zero attached hydrogens (tertiary/aromatic N) is 2. The highest BCUT2D eigenvalue weighted by Gasteiger charge is 2.05. The predicted molar refractivity (Wildman–Crippen MR) is 70.3 cm³/mol. The van der Waals surface area contributed by atoms with Crippen molar-refractivity contribution in [1.29, 1.82) is 0 Å². The summed E-state index contributed by atoms with van der Waals surface area (Å²) in [6.45, 7) is 1.50. The van der Waals surface area contributed by atoms with Crippen LogP contribution in [0.25, 0.3) is 0 Å². The van der Waals surface area contributed by atoms with Gasteiger partial charge in [0.1, 0.15) is 0 Å². The van der Waals surface area contributed by atoms with Gasteiger partial charge < -0.3 is 5.32 Å². The van der Waals surface area contributed by atoms with Gasteiger partial charge >= 0.3 is 0 Å². The first-order valence-electron chi connectivity index (χ1n) is 5.57. The van der Waals surface area contributed by atoms with E-state index in [0.717, 1.165) is 18.8 Å². The van der Waals surface area contributed by atoms with Crippen molar-refractivity contribution in [3.8, 4) is 0 Å². The molecule has 0 fully saturated rings. The minimum Gasteiger partial charge on any atom is -0.383 e. The summed E-state index contributed by atoms with van der Waals surface area (Å²) in [5.74, 6) is 0. The fourth-order valence-corrected chi connectivity index (χ4v) is 2.20. The Morgan fingerprint density at radius 3 is 2.56 bits per heavy atom. The maximum atomic E-state index is 11.3.